The molecule has 0 aliphatic rings. The molecule has 1 N–H and O–H groups in total. The topological polar surface area (TPSA) is 47.6 Å². The number of rotatable bonds is 6. The highest BCUT2D eigenvalue weighted by atomic mass is 16.5. The van der Waals surface area contributed by atoms with Crippen molar-refractivity contribution in [3.63, 3.8) is 0 Å². The number of aryl methyl sites for hydroxylation is 2. The zero-order valence-corrected chi connectivity index (χ0v) is 14.1. The second kappa shape index (κ2) is 7.68. The van der Waals surface area contributed by atoms with Gasteiger partial charge in [-0.1, -0.05) is 24.3 Å². The quantitative estimate of drug-likeness (QED) is 0.887. The number of benzene rings is 2. The number of para-hydroxylation sites is 1. The first-order valence-corrected chi connectivity index (χ1v) is 7.63. The van der Waals surface area contributed by atoms with E-state index in [-0.39, 0.29) is 18.6 Å². The maximum absolute atomic E-state index is 12.1. The molecule has 4 heteroatoms. The first kappa shape index (κ1) is 16.9. The highest BCUT2D eigenvalue weighted by Gasteiger charge is 2.14. The number of ether oxygens (including phenoxy) is 2. The normalized spacial score (nSPS) is 11.7. The van der Waals surface area contributed by atoms with Gasteiger partial charge in [0.25, 0.3) is 5.91 Å². The third kappa shape index (κ3) is 4.49. The van der Waals surface area contributed by atoms with Gasteiger partial charge >= 0.3 is 0 Å². The third-order valence-electron chi connectivity index (χ3n) is 3.83. The van der Waals surface area contributed by atoms with E-state index in [0.717, 1.165) is 16.9 Å². The van der Waals surface area contributed by atoms with Crippen LogP contribution in [0.15, 0.2) is 42.5 Å². The number of amides is 1. The van der Waals surface area contributed by atoms with Gasteiger partial charge in [0.15, 0.2) is 6.61 Å². The van der Waals surface area contributed by atoms with Crippen LogP contribution in [0.5, 0.6) is 11.5 Å². The van der Waals surface area contributed by atoms with Gasteiger partial charge in [0.05, 0.1) is 13.2 Å². The first-order chi connectivity index (χ1) is 11.0. The largest absolute Gasteiger partial charge is 0.496 e. The van der Waals surface area contributed by atoms with Crippen molar-refractivity contribution in [2.45, 2.75) is 26.8 Å². The molecule has 0 radical (unpaired) electrons. The molecule has 122 valence electrons. The Bertz CT molecular complexity index is 682. The fourth-order valence-corrected chi connectivity index (χ4v) is 2.34. The highest BCUT2D eigenvalue weighted by molar-refractivity contribution is 5.78. The lowest BCUT2D eigenvalue weighted by molar-refractivity contribution is -0.123. The molecule has 0 spiro atoms. The SMILES string of the molecule is COc1ccccc1C(C)NC(=O)COc1ccc(C)c(C)c1. The number of methoxy groups -OCH3 is 1. The van der Waals surface area contributed by atoms with E-state index in [1.807, 2.05) is 63.2 Å². The lowest BCUT2D eigenvalue weighted by Crippen LogP contribution is -2.31. The van der Waals surface area contributed by atoms with E-state index in [9.17, 15) is 4.79 Å². The summed E-state index contributed by atoms with van der Waals surface area (Å²) >= 11 is 0. The van der Waals surface area contributed by atoms with E-state index in [1.54, 1.807) is 7.11 Å². The van der Waals surface area contributed by atoms with Crippen LogP contribution in [0.4, 0.5) is 0 Å². The molecule has 0 aliphatic heterocycles. The molecule has 0 bridgehead atoms. The van der Waals surface area contributed by atoms with Crippen molar-refractivity contribution >= 4 is 5.91 Å². The zero-order chi connectivity index (χ0) is 16.8. The molecule has 2 aromatic rings. The molecule has 0 fully saturated rings. The maximum atomic E-state index is 12.1. The molecule has 1 amide bonds. The summed E-state index contributed by atoms with van der Waals surface area (Å²) < 4.78 is 10.9. The molecule has 1 atom stereocenters. The third-order valence-corrected chi connectivity index (χ3v) is 3.83. The van der Waals surface area contributed by atoms with Crippen LogP contribution in [-0.2, 0) is 4.79 Å². The fourth-order valence-electron chi connectivity index (χ4n) is 2.34. The number of hydrogen-bond donors (Lipinski definition) is 1. The summed E-state index contributed by atoms with van der Waals surface area (Å²) in [6.45, 7) is 5.97. The number of carbonyl (C=O) groups is 1. The summed E-state index contributed by atoms with van der Waals surface area (Å²) in [7, 11) is 1.62. The van der Waals surface area contributed by atoms with E-state index in [2.05, 4.69) is 5.32 Å². The minimum Gasteiger partial charge on any atom is -0.496 e. The Kier molecular flexibility index (Phi) is 5.63. The van der Waals surface area contributed by atoms with E-state index < -0.39 is 0 Å². The standard InChI is InChI=1S/C19H23NO3/c1-13-9-10-16(11-14(13)2)23-12-19(21)20-15(3)17-7-5-6-8-18(17)22-4/h5-11,15H,12H2,1-4H3,(H,20,21). The minimum absolute atomic E-state index is 0.0119. The van der Waals surface area contributed by atoms with Crippen LogP contribution in [0.2, 0.25) is 0 Å². The molecule has 23 heavy (non-hydrogen) atoms. The molecule has 0 aromatic heterocycles. The molecular formula is C19H23NO3. The van der Waals surface area contributed by atoms with Crippen molar-refractivity contribution in [1.82, 2.24) is 5.32 Å². The Hall–Kier alpha value is -2.49. The summed E-state index contributed by atoms with van der Waals surface area (Å²) in [6.07, 6.45) is 0. The maximum Gasteiger partial charge on any atom is 0.258 e. The number of nitrogens with one attached hydrogen (secondary N) is 1. The lowest BCUT2D eigenvalue weighted by atomic mass is 10.1. The average Bonchev–Trinajstić information content (AvgIpc) is 2.55. The predicted molar refractivity (Wildman–Crippen MR) is 91.0 cm³/mol. The van der Waals surface area contributed by atoms with Crippen molar-refractivity contribution in [2.75, 3.05) is 13.7 Å². The molecule has 2 aromatic carbocycles. The average molecular weight is 313 g/mol. The van der Waals surface area contributed by atoms with Crippen molar-refractivity contribution in [3.05, 3.63) is 59.2 Å². The second-order valence-electron chi connectivity index (χ2n) is 5.57. The van der Waals surface area contributed by atoms with Gasteiger partial charge in [-0.2, -0.15) is 0 Å². The van der Waals surface area contributed by atoms with Gasteiger partial charge in [-0.15, -0.1) is 0 Å². The summed E-state index contributed by atoms with van der Waals surface area (Å²) in [5.74, 6) is 1.30. The Balaban J connectivity index is 1.92. The number of hydrogen-bond acceptors (Lipinski definition) is 3. The predicted octanol–water partition coefficient (Wildman–Crippen LogP) is 3.57. The number of carbonyl (C=O) groups excluding carboxylic acids is 1. The molecule has 4 nitrogen and oxygen atoms in total. The highest BCUT2D eigenvalue weighted by Crippen LogP contribution is 2.24. The summed E-state index contributed by atoms with van der Waals surface area (Å²) in [5.41, 5.74) is 3.28. The van der Waals surface area contributed by atoms with Gasteiger partial charge in [0, 0.05) is 5.56 Å². The van der Waals surface area contributed by atoms with Crippen LogP contribution in [-0.4, -0.2) is 19.6 Å². The smallest absolute Gasteiger partial charge is 0.258 e. The van der Waals surface area contributed by atoms with Crippen molar-refractivity contribution in [2.24, 2.45) is 0 Å². The van der Waals surface area contributed by atoms with Gasteiger partial charge < -0.3 is 14.8 Å². The van der Waals surface area contributed by atoms with Crippen LogP contribution in [0, 0.1) is 13.8 Å². The lowest BCUT2D eigenvalue weighted by Gasteiger charge is -2.17. The van der Waals surface area contributed by atoms with Crippen LogP contribution >= 0.6 is 0 Å². The van der Waals surface area contributed by atoms with Gasteiger partial charge in [-0.3, -0.25) is 4.79 Å². The van der Waals surface area contributed by atoms with E-state index in [1.165, 1.54) is 5.56 Å². The van der Waals surface area contributed by atoms with E-state index >= 15 is 0 Å². The summed E-state index contributed by atoms with van der Waals surface area (Å²) in [4.78, 5) is 12.1. The molecule has 0 saturated heterocycles. The molecule has 1 unspecified atom stereocenters. The second-order valence-corrected chi connectivity index (χ2v) is 5.57. The Morgan fingerprint density at radius 1 is 1.13 bits per heavy atom. The minimum atomic E-state index is -0.165. The van der Waals surface area contributed by atoms with Crippen LogP contribution < -0.4 is 14.8 Å². The molecule has 0 heterocycles. The van der Waals surface area contributed by atoms with Gasteiger partial charge in [0.2, 0.25) is 0 Å². The van der Waals surface area contributed by atoms with Crippen molar-refractivity contribution in [3.8, 4) is 11.5 Å². The molecule has 2 rings (SSSR count). The van der Waals surface area contributed by atoms with E-state index in [0.29, 0.717) is 5.75 Å². The Labute approximate surface area is 137 Å². The monoisotopic (exact) mass is 313 g/mol. The Morgan fingerprint density at radius 3 is 2.57 bits per heavy atom. The summed E-state index contributed by atoms with van der Waals surface area (Å²) in [6, 6.07) is 13.3. The van der Waals surface area contributed by atoms with Crippen molar-refractivity contribution < 1.29 is 14.3 Å². The van der Waals surface area contributed by atoms with Crippen LogP contribution in [0.3, 0.4) is 0 Å². The first-order valence-electron chi connectivity index (χ1n) is 7.63. The van der Waals surface area contributed by atoms with E-state index in [4.69, 9.17) is 9.47 Å². The Morgan fingerprint density at radius 2 is 1.87 bits per heavy atom. The molecular weight excluding hydrogens is 290 g/mol. The fraction of sp³-hybridized carbons (Fsp3) is 0.316. The molecule has 0 saturated carbocycles. The summed E-state index contributed by atoms with van der Waals surface area (Å²) in [5, 5.41) is 2.92. The van der Waals surface area contributed by atoms with Crippen LogP contribution in [0.25, 0.3) is 0 Å². The van der Waals surface area contributed by atoms with Gasteiger partial charge in [-0.25, -0.2) is 0 Å². The van der Waals surface area contributed by atoms with Gasteiger partial charge in [-0.05, 0) is 50.1 Å². The zero-order valence-electron chi connectivity index (χ0n) is 14.1. The van der Waals surface area contributed by atoms with Crippen LogP contribution in [0.1, 0.15) is 29.7 Å². The van der Waals surface area contributed by atoms with Crippen molar-refractivity contribution in [1.29, 1.82) is 0 Å². The molecule has 0 aliphatic carbocycles. The van der Waals surface area contributed by atoms with Gasteiger partial charge in [0.1, 0.15) is 11.5 Å².